The molecule has 1 aliphatic carbocycles. The first-order valence-corrected chi connectivity index (χ1v) is 7.64. The van der Waals surface area contributed by atoms with Gasteiger partial charge in [-0.15, -0.1) is 0 Å². The molecule has 1 aromatic carbocycles. The van der Waals surface area contributed by atoms with Crippen molar-refractivity contribution in [1.29, 1.82) is 5.26 Å². The van der Waals surface area contributed by atoms with E-state index in [-0.39, 0.29) is 11.7 Å². The lowest BCUT2D eigenvalue weighted by molar-refractivity contribution is -0.116. The number of ether oxygens (including phenoxy) is 1. The van der Waals surface area contributed by atoms with E-state index in [1.807, 2.05) is 43.3 Å². The summed E-state index contributed by atoms with van der Waals surface area (Å²) in [6.45, 7) is 0. The third-order valence-electron chi connectivity index (χ3n) is 4.35. The van der Waals surface area contributed by atoms with Crippen LogP contribution in [0.1, 0.15) is 30.7 Å². The van der Waals surface area contributed by atoms with Crippen molar-refractivity contribution in [3.05, 3.63) is 52.6 Å². The molecule has 5 heteroatoms. The second-order valence-electron chi connectivity index (χ2n) is 6.02. The molecule has 23 heavy (non-hydrogen) atoms. The second-order valence-corrected chi connectivity index (χ2v) is 6.02. The number of nitrogens with two attached hydrogens (primary N) is 1. The van der Waals surface area contributed by atoms with Crippen LogP contribution in [0.4, 0.5) is 5.69 Å². The van der Waals surface area contributed by atoms with Crippen LogP contribution in [0.25, 0.3) is 0 Å². The highest BCUT2D eigenvalue weighted by Gasteiger charge is 2.37. The predicted molar refractivity (Wildman–Crippen MR) is 87.3 cm³/mol. The molecule has 1 aliphatic heterocycles. The van der Waals surface area contributed by atoms with E-state index in [1.165, 1.54) is 0 Å². The van der Waals surface area contributed by atoms with Gasteiger partial charge in [0, 0.05) is 38.2 Å². The molecule has 1 atom stereocenters. The Kier molecular flexibility index (Phi) is 3.83. The van der Waals surface area contributed by atoms with Gasteiger partial charge >= 0.3 is 0 Å². The van der Waals surface area contributed by atoms with E-state index in [1.54, 1.807) is 0 Å². The zero-order valence-electron chi connectivity index (χ0n) is 13.3. The normalized spacial score (nSPS) is 20.7. The summed E-state index contributed by atoms with van der Waals surface area (Å²) in [4.78, 5) is 14.4. The molecule has 5 nitrogen and oxygen atoms in total. The fraction of sp³-hybridized carbons (Fsp3) is 0.333. The van der Waals surface area contributed by atoms with Gasteiger partial charge in [-0.1, -0.05) is 12.1 Å². The molecule has 0 aromatic heterocycles. The predicted octanol–water partition coefficient (Wildman–Crippen LogP) is 2.57. The molecule has 2 N–H and O–H groups in total. The van der Waals surface area contributed by atoms with Crippen LogP contribution < -0.4 is 10.6 Å². The van der Waals surface area contributed by atoms with Crippen LogP contribution >= 0.6 is 0 Å². The van der Waals surface area contributed by atoms with Crippen LogP contribution in [0.5, 0.6) is 0 Å². The van der Waals surface area contributed by atoms with Gasteiger partial charge in [0.15, 0.2) is 5.78 Å². The minimum atomic E-state index is -0.423. The fourth-order valence-corrected chi connectivity index (χ4v) is 3.15. The molecule has 1 heterocycles. The van der Waals surface area contributed by atoms with Crippen LogP contribution in [0, 0.1) is 11.3 Å². The van der Waals surface area contributed by atoms with E-state index < -0.39 is 5.92 Å². The molecular formula is C18H19N3O2. The van der Waals surface area contributed by atoms with Gasteiger partial charge in [0.25, 0.3) is 0 Å². The maximum atomic E-state index is 12.4. The number of nitriles is 1. The minimum absolute atomic E-state index is 0.0492. The Labute approximate surface area is 135 Å². The number of carbonyl (C=O) groups is 1. The molecule has 0 saturated carbocycles. The van der Waals surface area contributed by atoms with Crippen molar-refractivity contribution in [2.75, 3.05) is 19.0 Å². The smallest absolute Gasteiger partial charge is 0.205 e. The minimum Gasteiger partial charge on any atom is -0.444 e. The Bertz CT molecular complexity index is 751. The summed E-state index contributed by atoms with van der Waals surface area (Å²) in [5.74, 6) is 0.364. The Morgan fingerprint density at radius 2 is 1.96 bits per heavy atom. The van der Waals surface area contributed by atoms with Gasteiger partial charge in [-0.05, 0) is 24.1 Å². The van der Waals surface area contributed by atoms with E-state index in [4.69, 9.17) is 10.5 Å². The molecule has 0 amide bonds. The summed E-state index contributed by atoms with van der Waals surface area (Å²) in [7, 11) is 3.93. The van der Waals surface area contributed by atoms with E-state index in [2.05, 4.69) is 6.07 Å². The lowest BCUT2D eigenvalue weighted by Crippen LogP contribution is -2.27. The van der Waals surface area contributed by atoms with Crippen molar-refractivity contribution in [3.63, 3.8) is 0 Å². The standard InChI is InChI=1S/C18H19N3O2/c1-21(2)12-8-6-11(7-9-12)16-13(10-19)18(20)23-15-5-3-4-14(22)17(15)16/h6-9,16H,3-5,20H2,1-2H3/t16-/m0/s1. The number of hydrogen-bond acceptors (Lipinski definition) is 5. The summed E-state index contributed by atoms with van der Waals surface area (Å²) < 4.78 is 5.56. The molecule has 3 rings (SSSR count). The summed E-state index contributed by atoms with van der Waals surface area (Å²) in [6.07, 6.45) is 1.94. The fourth-order valence-electron chi connectivity index (χ4n) is 3.15. The van der Waals surface area contributed by atoms with Crippen LogP contribution in [0.2, 0.25) is 0 Å². The number of ketones is 1. The van der Waals surface area contributed by atoms with Crippen LogP contribution in [-0.4, -0.2) is 19.9 Å². The number of anilines is 1. The van der Waals surface area contributed by atoms with E-state index in [0.29, 0.717) is 29.7 Å². The summed E-state index contributed by atoms with van der Waals surface area (Å²) >= 11 is 0. The molecule has 118 valence electrons. The van der Waals surface area contributed by atoms with Crippen molar-refractivity contribution < 1.29 is 9.53 Å². The van der Waals surface area contributed by atoms with Gasteiger partial charge < -0.3 is 15.4 Å². The maximum Gasteiger partial charge on any atom is 0.205 e. The lowest BCUT2D eigenvalue weighted by Gasteiger charge is -2.31. The van der Waals surface area contributed by atoms with Crippen molar-refractivity contribution in [2.45, 2.75) is 25.2 Å². The van der Waals surface area contributed by atoms with E-state index in [9.17, 15) is 10.1 Å². The summed E-state index contributed by atoms with van der Waals surface area (Å²) in [6, 6.07) is 9.97. The van der Waals surface area contributed by atoms with Gasteiger partial charge in [-0.3, -0.25) is 4.79 Å². The first-order valence-electron chi connectivity index (χ1n) is 7.64. The molecule has 0 spiro atoms. The van der Waals surface area contributed by atoms with Crippen molar-refractivity contribution in [1.82, 2.24) is 0 Å². The SMILES string of the molecule is CN(C)c1ccc([C@H]2C(C#N)=C(N)OC3=C2C(=O)CCC3)cc1. The summed E-state index contributed by atoms with van der Waals surface area (Å²) in [5.41, 5.74) is 8.79. The Hall–Kier alpha value is -2.74. The number of hydrogen-bond donors (Lipinski definition) is 1. The highest BCUT2D eigenvalue weighted by atomic mass is 16.5. The van der Waals surface area contributed by atoms with Gasteiger partial charge in [0.05, 0.1) is 5.92 Å². The average molecular weight is 309 g/mol. The number of benzene rings is 1. The largest absolute Gasteiger partial charge is 0.444 e. The Balaban J connectivity index is 2.11. The van der Waals surface area contributed by atoms with Gasteiger partial charge in [-0.2, -0.15) is 5.26 Å². The molecule has 0 bridgehead atoms. The maximum absolute atomic E-state index is 12.4. The topological polar surface area (TPSA) is 79.3 Å². The Morgan fingerprint density at radius 3 is 2.57 bits per heavy atom. The summed E-state index contributed by atoms with van der Waals surface area (Å²) in [5, 5.41) is 9.50. The molecule has 0 fully saturated rings. The molecular weight excluding hydrogens is 290 g/mol. The third kappa shape index (κ3) is 2.57. The first-order chi connectivity index (χ1) is 11.0. The molecule has 0 saturated heterocycles. The van der Waals surface area contributed by atoms with Crippen molar-refractivity contribution in [3.8, 4) is 6.07 Å². The van der Waals surface area contributed by atoms with Crippen LogP contribution in [0.3, 0.4) is 0 Å². The second kappa shape index (κ2) is 5.81. The highest BCUT2D eigenvalue weighted by Crippen LogP contribution is 2.43. The monoisotopic (exact) mass is 309 g/mol. The quantitative estimate of drug-likeness (QED) is 0.908. The number of carbonyl (C=O) groups excluding carboxylic acids is 1. The third-order valence-corrected chi connectivity index (χ3v) is 4.35. The molecule has 0 unspecified atom stereocenters. The van der Waals surface area contributed by atoms with E-state index in [0.717, 1.165) is 17.7 Å². The first kappa shape index (κ1) is 15.2. The molecule has 2 aliphatic rings. The lowest BCUT2D eigenvalue weighted by atomic mass is 9.77. The zero-order chi connectivity index (χ0) is 16.6. The average Bonchev–Trinajstić information content (AvgIpc) is 2.54. The van der Waals surface area contributed by atoms with Gasteiger partial charge in [-0.25, -0.2) is 0 Å². The number of allylic oxidation sites excluding steroid dienone is 3. The van der Waals surface area contributed by atoms with Crippen molar-refractivity contribution >= 4 is 11.5 Å². The number of Topliss-reactive ketones (excluding diaryl/α,β-unsaturated/α-hetero) is 1. The molecule has 1 aromatic rings. The molecule has 0 radical (unpaired) electrons. The van der Waals surface area contributed by atoms with Gasteiger partial charge in [0.2, 0.25) is 5.88 Å². The highest BCUT2D eigenvalue weighted by molar-refractivity contribution is 5.99. The van der Waals surface area contributed by atoms with Gasteiger partial charge in [0.1, 0.15) is 17.4 Å². The Morgan fingerprint density at radius 1 is 1.26 bits per heavy atom. The van der Waals surface area contributed by atoms with E-state index >= 15 is 0 Å². The zero-order valence-corrected chi connectivity index (χ0v) is 13.3. The number of rotatable bonds is 2. The van der Waals surface area contributed by atoms with Crippen molar-refractivity contribution in [2.24, 2.45) is 5.73 Å². The van der Waals surface area contributed by atoms with Crippen LogP contribution in [-0.2, 0) is 9.53 Å². The number of nitrogens with zero attached hydrogens (tertiary/aromatic N) is 2. The van der Waals surface area contributed by atoms with Crippen LogP contribution in [0.15, 0.2) is 47.1 Å².